The van der Waals surface area contributed by atoms with Crippen LogP contribution >= 0.6 is 0 Å². The third kappa shape index (κ3) is 6.57. The van der Waals surface area contributed by atoms with Gasteiger partial charge in [0.05, 0.1) is 23.7 Å². The number of hydrogen-bond acceptors (Lipinski definition) is 8. The van der Waals surface area contributed by atoms with Gasteiger partial charge in [-0.15, -0.1) is 0 Å². The number of aliphatic hydroxyl groups excluding tert-OH is 5. The molecule has 4 atom stereocenters. The molecule has 0 radical (unpaired) electrons. The summed E-state index contributed by atoms with van der Waals surface area (Å²) < 4.78 is 1.66. The minimum atomic E-state index is -1.55. The summed E-state index contributed by atoms with van der Waals surface area (Å²) >= 11 is 0. The van der Waals surface area contributed by atoms with Crippen molar-refractivity contribution in [3.63, 3.8) is 0 Å². The monoisotopic (exact) mass is 462 g/mol. The summed E-state index contributed by atoms with van der Waals surface area (Å²) in [5.74, 6) is -0.932. The molecule has 0 aliphatic rings. The van der Waals surface area contributed by atoms with Gasteiger partial charge in [0.1, 0.15) is 24.9 Å². The topological polar surface area (TPSA) is 172 Å². The van der Waals surface area contributed by atoms with Crippen LogP contribution in [0, 0.1) is 0 Å². The number of para-hydroxylation sites is 2. The van der Waals surface area contributed by atoms with Gasteiger partial charge in [-0.1, -0.05) is 31.2 Å². The van der Waals surface area contributed by atoms with Crippen molar-refractivity contribution in [3.05, 3.63) is 58.8 Å². The minimum absolute atomic E-state index is 0.0622. The molecule has 180 valence electrons. The Kier molecular flexibility index (Phi) is 9.92. The summed E-state index contributed by atoms with van der Waals surface area (Å²) in [6.45, 7) is 1.75. The van der Waals surface area contributed by atoms with Crippen LogP contribution in [0.1, 0.15) is 6.92 Å². The number of aliphatic hydroxyl groups is 5. The molecule has 0 unspecified atom stereocenters. The van der Waals surface area contributed by atoms with Gasteiger partial charge in [0, 0.05) is 17.3 Å². The van der Waals surface area contributed by atoms with E-state index in [-0.39, 0.29) is 18.5 Å². The van der Waals surface area contributed by atoms with E-state index in [1.807, 2.05) is 6.92 Å². The average Bonchev–Trinajstić information content (AvgIpc) is 2.83. The van der Waals surface area contributed by atoms with Gasteiger partial charge in [-0.25, -0.2) is 0 Å². The van der Waals surface area contributed by atoms with Gasteiger partial charge < -0.3 is 40.5 Å². The molecule has 1 aromatic heterocycles. The Labute approximate surface area is 190 Å². The van der Waals surface area contributed by atoms with Gasteiger partial charge in [0.25, 0.3) is 0 Å². The fraction of sp³-hybridized carbons (Fsp3) is 0.391. The van der Waals surface area contributed by atoms with E-state index in [0.29, 0.717) is 28.4 Å². The summed E-state index contributed by atoms with van der Waals surface area (Å²) in [6.07, 6.45) is -5.64. The maximum absolute atomic E-state index is 12.4. The first kappa shape index (κ1) is 26.4. The summed E-state index contributed by atoms with van der Waals surface area (Å²) in [6, 6.07) is 14.2. The highest BCUT2D eigenvalue weighted by Gasteiger charge is 2.29. The first-order valence-corrected chi connectivity index (χ1v) is 10.5. The number of fused-ring (bicyclic) bond motifs is 2. The lowest BCUT2D eigenvalue weighted by molar-refractivity contribution is -0.137. The number of hydrogen-bond donors (Lipinski definition) is 7. The molecular formula is C23H30N2O8. The highest BCUT2D eigenvalue weighted by molar-refractivity contribution is 5.94. The third-order valence-corrected chi connectivity index (χ3v) is 5.10. The van der Waals surface area contributed by atoms with Crippen molar-refractivity contribution in [2.24, 2.45) is 0 Å². The molecule has 0 amide bonds. The number of benzene rings is 2. The molecule has 3 aromatic rings. The number of aliphatic carboxylic acids is 1. The second-order valence-electron chi connectivity index (χ2n) is 7.45. The second-order valence-corrected chi connectivity index (χ2v) is 7.45. The Morgan fingerprint density at radius 3 is 1.85 bits per heavy atom. The second kappa shape index (κ2) is 12.4. The van der Waals surface area contributed by atoms with E-state index in [1.165, 1.54) is 0 Å². The number of carboxylic acids is 1. The number of nitrogens with zero attached hydrogens (tertiary/aromatic N) is 1. The number of aromatic nitrogens is 1. The maximum atomic E-state index is 12.4. The van der Waals surface area contributed by atoms with Gasteiger partial charge in [-0.3, -0.25) is 9.59 Å². The zero-order chi connectivity index (χ0) is 24.5. The van der Waals surface area contributed by atoms with Gasteiger partial charge >= 0.3 is 5.97 Å². The van der Waals surface area contributed by atoms with Crippen LogP contribution in [0.3, 0.4) is 0 Å². The predicted molar refractivity (Wildman–Crippen MR) is 123 cm³/mol. The molecule has 0 spiro atoms. The standard InChI is InChI=1S/C15H11NO3.C8H19NO5/c17-14(18)9-16-12-7-3-1-5-10(12)15(19)11-6-2-4-8-13(11)16;1-2-9-3-5(11)7(13)8(14)6(12)4-10/h1-8H,9H2,(H,17,18);5-14H,2-4H2,1H3/t;5-,6-,7-,8-/m.1/s1. The van der Waals surface area contributed by atoms with Gasteiger partial charge in [-0.05, 0) is 30.8 Å². The van der Waals surface area contributed by atoms with Crippen molar-refractivity contribution in [1.29, 1.82) is 0 Å². The van der Waals surface area contributed by atoms with E-state index in [0.717, 1.165) is 0 Å². The Bertz CT molecular complexity index is 1060. The molecule has 0 bridgehead atoms. The van der Waals surface area contributed by atoms with Crippen molar-refractivity contribution in [3.8, 4) is 0 Å². The molecular weight excluding hydrogens is 432 g/mol. The molecule has 0 saturated carbocycles. The summed E-state index contributed by atoms with van der Waals surface area (Å²) in [5, 5.41) is 58.2. The number of likely N-dealkylation sites (N-methyl/N-ethyl adjacent to an activating group) is 1. The Hall–Kier alpha value is -2.86. The van der Waals surface area contributed by atoms with Crippen LogP contribution in [0.15, 0.2) is 53.3 Å². The summed E-state index contributed by atoms with van der Waals surface area (Å²) in [7, 11) is 0. The lowest BCUT2D eigenvalue weighted by Gasteiger charge is -2.25. The molecule has 7 N–H and O–H groups in total. The number of nitrogens with one attached hydrogen (secondary N) is 1. The van der Waals surface area contributed by atoms with E-state index in [4.69, 9.17) is 15.3 Å². The molecule has 0 fully saturated rings. The molecule has 33 heavy (non-hydrogen) atoms. The van der Waals surface area contributed by atoms with Gasteiger partial charge in [0.2, 0.25) is 0 Å². The van der Waals surface area contributed by atoms with Gasteiger partial charge in [0.15, 0.2) is 5.43 Å². The first-order valence-electron chi connectivity index (χ1n) is 10.5. The predicted octanol–water partition coefficient (Wildman–Crippen LogP) is -0.729. The van der Waals surface area contributed by atoms with Crippen LogP contribution in [0.4, 0.5) is 0 Å². The van der Waals surface area contributed by atoms with Crippen LogP contribution in [0.25, 0.3) is 21.8 Å². The number of carbonyl (C=O) groups is 1. The highest BCUT2D eigenvalue weighted by atomic mass is 16.4. The van der Waals surface area contributed by atoms with E-state index >= 15 is 0 Å². The van der Waals surface area contributed by atoms with Crippen LogP contribution < -0.4 is 10.7 Å². The molecule has 10 nitrogen and oxygen atoms in total. The maximum Gasteiger partial charge on any atom is 0.323 e. The molecule has 1 heterocycles. The first-order chi connectivity index (χ1) is 15.7. The van der Waals surface area contributed by atoms with E-state index in [1.54, 1.807) is 53.1 Å². The summed E-state index contributed by atoms with van der Waals surface area (Å²) in [4.78, 5) is 23.4. The quantitative estimate of drug-likeness (QED) is 0.202. The largest absolute Gasteiger partial charge is 0.480 e. The zero-order valence-electron chi connectivity index (χ0n) is 18.2. The highest BCUT2D eigenvalue weighted by Crippen LogP contribution is 2.18. The Morgan fingerprint density at radius 1 is 0.909 bits per heavy atom. The van der Waals surface area contributed by atoms with Gasteiger partial charge in [-0.2, -0.15) is 0 Å². The van der Waals surface area contributed by atoms with Crippen LogP contribution in [-0.2, 0) is 11.3 Å². The molecule has 0 saturated heterocycles. The molecule has 2 aromatic carbocycles. The third-order valence-electron chi connectivity index (χ3n) is 5.10. The molecule has 3 rings (SSSR count). The smallest absolute Gasteiger partial charge is 0.323 e. The molecule has 0 aliphatic carbocycles. The van der Waals surface area contributed by atoms with E-state index < -0.39 is 37.0 Å². The average molecular weight is 462 g/mol. The van der Waals surface area contributed by atoms with Crippen molar-refractivity contribution in [2.45, 2.75) is 37.9 Å². The zero-order valence-corrected chi connectivity index (χ0v) is 18.2. The van der Waals surface area contributed by atoms with Crippen LogP contribution in [0.5, 0.6) is 0 Å². The van der Waals surface area contributed by atoms with Crippen LogP contribution in [0.2, 0.25) is 0 Å². The number of pyridine rings is 1. The van der Waals surface area contributed by atoms with Crippen LogP contribution in [-0.4, -0.2) is 85.3 Å². The summed E-state index contributed by atoms with van der Waals surface area (Å²) in [5.41, 5.74) is 1.23. The number of rotatable bonds is 9. The SMILES string of the molecule is CCNC[C@@H](O)[C@@H](O)[C@H](O)[C@H](O)CO.O=C(O)Cn1c2ccccc2c(=O)c2ccccc21. The van der Waals surface area contributed by atoms with Crippen molar-refractivity contribution < 1.29 is 35.4 Å². The molecule has 0 aliphatic heterocycles. The van der Waals surface area contributed by atoms with Crippen molar-refractivity contribution in [2.75, 3.05) is 19.7 Å². The van der Waals surface area contributed by atoms with Crippen molar-refractivity contribution >= 4 is 27.8 Å². The lowest BCUT2D eigenvalue weighted by atomic mass is 10.0. The molecule has 10 heteroatoms. The lowest BCUT2D eigenvalue weighted by Crippen LogP contribution is -2.49. The fourth-order valence-corrected chi connectivity index (χ4v) is 3.36. The minimum Gasteiger partial charge on any atom is -0.480 e. The fourth-order valence-electron chi connectivity index (χ4n) is 3.36. The van der Waals surface area contributed by atoms with Crippen molar-refractivity contribution in [1.82, 2.24) is 9.88 Å². The Balaban J connectivity index is 0.000000248. The van der Waals surface area contributed by atoms with E-state index in [2.05, 4.69) is 5.32 Å². The van der Waals surface area contributed by atoms with E-state index in [9.17, 15) is 24.9 Å². The Morgan fingerprint density at radius 2 is 1.39 bits per heavy atom. The number of carboxylic acid groups (broad SMARTS) is 1. The normalized spacial score (nSPS) is 14.8.